The van der Waals surface area contributed by atoms with Gasteiger partial charge in [0, 0.05) is 23.7 Å². The largest absolute Gasteiger partial charge is 0.481 e. The molecule has 0 radical (unpaired) electrons. The Labute approximate surface area is 310 Å². The van der Waals surface area contributed by atoms with Crippen molar-refractivity contribution in [2.24, 2.45) is 11.8 Å². The van der Waals surface area contributed by atoms with Crippen molar-refractivity contribution >= 4 is 35.5 Å². The molecule has 0 rings (SSSR count). The number of aliphatic carboxylic acids is 2. The molecule has 0 aromatic rings. The Balaban J connectivity index is 3.93. The summed E-state index contributed by atoms with van der Waals surface area (Å²) in [4.78, 5) is 23.3. The third kappa shape index (κ3) is 31.9. The topological polar surface area (TPSA) is 102 Å². The molecule has 0 saturated heterocycles. The normalized spacial score (nSPS) is 14.1. The van der Waals surface area contributed by atoms with Crippen molar-refractivity contribution in [3.05, 3.63) is 0 Å². The first-order valence-corrected chi connectivity index (χ1v) is 22.4. The first-order chi connectivity index (χ1) is 23.8. The minimum atomic E-state index is -0.736. The summed E-state index contributed by atoms with van der Waals surface area (Å²) in [5.74, 6) is -0.227. The lowest BCUT2D eigenvalue weighted by Crippen LogP contribution is -2.25. The number of unbranched alkanes of at least 4 members (excludes halogenated alkanes) is 18. The van der Waals surface area contributed by atoms with Crippen LogP contribution in [0.1, 0.15) is 169 Å². The minimum absolute atomic E-state index is 0.0612. The molecule has 292 valence electrons. The van der Waals surface area contributed by atoms with Crippen LogP contribution in [0.2, 0.25) is 0 Å². The van der Waals surface area contributed by atoms with Crippen molar-refractivity contribution in [1.29, 1.82) is 0 Å². The van der Waals surface area contributed by atoms with Crippen molar-refractivity contribution in [2.75, 3.05) is 51.1 Å². The fourth-order valence-corrected chi connectivity index (χ4v) is 8.55. The maximum absolute atomic E-state index is 11.6. The second-order valence-electron chi connectivity index (χ2n) is 13.9. The van der Waals surface area contributed by atoms with Gasteiger partial charge in [-0.3, -0.25) is 9.59 Å². The van der Waals surface area contributed by atoms with E-state index in [0.29, 0.717) is 39.6 Å². The summed E-state index contributed by atoms with van der Waals surface area (Å²) in [6.07, 6.45) is 27.6. The highest BCUT2D eigenvalue weighted by Crippen LogP contribution is 2.26. The number of carbonyl (C=O) groups is 2. The van der Waals surface area contributed by atoms with Crippen LogP contribution in [0, 0.1) is 11.8 Å². The highest BCUT2D eigenvalue weighted by Gasteiger charge is 2.24. The van der Waals surface area contributed by atoms with E-state index in [-0.39, 0.29) is 22.3 Å². The van der Waals surface area contributed by atoms with Gasteiger partial charge in [-0.05, 0) is 37.2 Å². The second kappa shape index (κ2) is 37.3. The highest BCUT2D eigenvalue weighted by molar-refractivity contribution is 8.00. The Morgan fingerprint density at radius 3 is 1.00 bits per heavy atom. The number of ether oxygens (including phenoxy) is 3. The SMILES string of the molecule is CCCCCCCCCCCCSC(CCOCCOCCOCCC(SCCCCCCCCCCCC)C(C)C(=O)O)C(C)C(=O)O. The molecule has 49 heavy (non-hydrogen) atoms. The van der Waals surface area contributed by atoms with Gasteiger partial charge in [-0.2, -0.15) is 23.5 Å². The van der Waals surface area contributed by atoms with E-state index in [0.717, 1.165) is 37.2 Å². The molecule has 0 aromatic heterocycles. The summed E-state index contributed by atoms with van der Waals surface area (Å²) in [5, 5.41) is 19.3. The van der Waals surface area contributed by atoms with Gasteiger partial charge in [-0.25, -0.2) is 0 Å². The van der Waals surface area contributed by atoms with E-state index >= 15 is 0 Å². The number of thioether (sulfide) groups is 2. The maximum Gasteiger partial charge on any atom is 0.307 e. The molecule has 0 amide bonds. The van der Waals surface area contributed by atoms with Gasteiger partial charge in [0.2, 0.25) is 0 Å². The van der Waals surface area contributed by atoms with Crippen LogP contribution in [0.4, 0.5) is 0 Å². The van der Waals surface area contributed by atoms with Crippen molar-refractivity contribution in [1.82, 2.24) is 0 Å². The monoisotopic (exact) mass is 735 g/mol. The lowest BCUT2D eigenvalue weighted by atomic mass is 10.1. The molecule has 4 atom stereocenters. The molecular formula is C40H78O7S2. The summed E-state index contributed by atoms with van der Waals surface area (Å²) < 4.78 is 17.2. The van der Waals surface area contributed by atoms with E-state index in [2.05, 4.69) is 13.8 Å². The fourth-order valence-electron chi connectivity index (χ4n) is 5.86. The number of rotatable bonds is 40. The lowest BCUT2D eigenvalue weighted by Gasteiger charge is -2.21. The lowest BCUT2D eigenvalue weighted by molar-refractivity contribution is -0.142. The van der Waals surface area contributed by atoms with E-state index in [4.69, 9.17) is 14.2 Å². The zero-order valence-corrected chi connectivity index (χ0v) is 33.9. The van der Waals surface area contributed by atoms with Crippen LogP contribution in [0.15, 0.2) is 0 Å². The van der Waals surface area contributed by atoms with E-state index < -0.39 is 11.9 Å². The number of carboxylic acid groups (broad SMARTS) is 2. The molecule has 4 unspecified atom stereocenters. The maximum atomic E-state index is 11.6. The summed E-state index contributed by atoms with van der Waals surface area (Å²) >= 11 is 3.58. The molecule has 7 nitrogen and oxygen atoms in total. The van der Waals surface area contributed by atoms with E-state index in [9.17, 15) is 19.8 Å². The van der Waals surface area contributed by atoms with Gasteiger partial charge in [-0.1, -0.05) is 143 Å². The first kappa shape index (κ1) is 48.5. The standard InChI is InChI=1S/C40H78O7S2/c1-5-7-9-11-13-15-17-19-21-23-33-48-37(35(3)39(41)42)25-27-45-29-31-47-32-30-46-28-26-38(36(4)40(43)44)49-34-24-22-20-18-16-14-12-10-8-6-2/h35-38H,5-34H2,1-4H3,(H,41,42)(H,43,44). The van der Waals surface area contributed by atoms with Crippen LogP contribution in [0.3, 0.4) is 0 Å². The van der Waals surface area contributed by atoms with E-state index in [1.165, 1.54) is 116 Å². The van der Waals surface area contributed by atoms with Crippen LogP contribution in [-0.4, -0.2) is 83.8 Å². The summed E-state index contributed by atoms with van der Waals surface area (Å²) in [6, 6.07) is 0. The molecule has 0 heterocycles. The van der Waals surface area contributed by atoms with Gasteiger partial charge < -0.3 is 24.4 Å². The fraction of sp³-hybridized carbons (Fsp3) is 0.950. The summed E-state index contributed by atoms with van der Waals surface area (Å²) in [6.45, 7) is 11.1. The van der Waals surface area contributed by atoms with E-state index in [1.807, 2.05) is 13.8 Å². The van der Waals surface area contributed by atoms with Gasteiger partial charge >= 0.3 is 11.9 Å². The average Bonchev–Trinajstić information content (AvgIpc) is 3.09. The Morgan fingerprint density at radius 1 is 0.449 bits per heavy atom. The summed E-state index contributed by atoms with van der Waals surface area (Å²) in [7, 11) is 0. The van der Waals surface area contributed by atoms with Gasteiger partial charge in [0.15, 0.2) is 0 Å². The zero-order valence-electron chi connectivity index (χ0n) is 32.3. The molecular weight excluding hydrogens is 657 g/mol. The van der Waals surface area contributed by atoms with Gasteiger partial charge in [0.25, 0.3) is 0 Å². The van der Waals surface area contributed by atoms with Crippen LogP contribution < -0.4 is 0 Å². The number of carboxylic acids is 2. The zero-order chi connectivity index (χ0) is 36.2. The molecule has 0 aliphatic heterocycles. The van der Waals surface area contributed by atoms with E-state index in [1.54, 1.807) is 23.5 Å². The Bertz CT molecular complexity index is 669. The summed E-state index contributed by atoms with van der Waals surface area (Å²) in [5.41, 5.74) is 0. The smallest absolute Gasteiger partial charge is 0.307 e. The van der Waals surface area contributed by atoms with Crippen molar-refractivity contribution in [2.45, 2.75) is 179 Å². The van der Waals surface area contributed by atoms with Crippen molar-refractivity contribution in [3.8, 4) is 0 Å². The van der Waals surface area contributed by atoms with Crippen molar-refractivity contribution in [3.63, 3.8) is 0 Å². The Morgan fingerprint density at radius 2 is 0.714 bits per heavy atom. The van der Waals surface area contributed by atoms with Crippen LogP contribution in [0.25, 0.3) is 0 Å². The van der Waals surface area contributed by atoms with Gasteiger partial charge in [-0.15, -0.1) is 0 Å². The minimum Gasteiger partial charge on any atom is -0.481 e. The third-order valence-corrected chi connectivity index (χ3v) is 12.6. The molecule has 0 saturated carbocycles. The van der Waals surface area contributed by atoms with Crippen LogP contribution in [0.5, 0.6) is 0 Å². The molecule has 0 fully saturated rings. The second-order valence-corrected chi connectivity index (χ2v) is 16.5. The van der Waals surface area contributed by atoms with Crippen LogP contribution >= 0.6 is 23.5 Å². The molecule has 0 spiro atoms. The number of hydrogen-bond donors (Lipinski definition) is 2. The molecule has 9 heteroatoms. The van der Waals surface area contributed by atoms with Gasteiger partial charge in [0.05, 0.1) is 38.3 Å². The van der Waals surface area contributed by atoms with Crippen LogP contribution in [-0.2, 0) is 23.8 Å². The molecule has 0 bridgehead atoms. The Hall–Kier alpha value is -0.480. The first-order valence-electron chi connectivity index (χ1n) is 20.3. The quantitative estimate of drug-likeness (QED) is 0.0595. The molecule has 0 aliphatic carbocycles. The highest BCUT2D eigenvalue weighted by atomic mass is 32.2. The van der Waals surface area contributed by atoms with Crippen molar-refractivity contribution < 1.29 is 34.0 Å². The molecule has 2 N–H and O–H groups in total. The average molecular weight is 735 g/mol. The predicted octanol–water partition coefficient (Wildman–Crippen LogP) is 11.3. The van der Waals surface area contributed by atoms with Gasteiger partial charge in [0.1, 0.15) is 0 Å². The predicted molar refractivity (Wildman–Crippen MR) is 211 cm³/mol. The molecule has 0 aliphatic rings. The molecule has 0 aromatic carbocycles. The third-order valence-electron chi connectivity index (χ3n) is 9.39. The number of hydrogen-bond acceptors (Lipinski definition) is 7. The Kier molecular flexibility index (Phi) is 36.9.